The first-order valence-corrected chi connectivity index (χ1v) is 9.21. The summed E-state index contributed by atoms with van der Waals surface area (Å²) in [6.07, 6.45) is 2.04. The second kappa shape index (κ2) is 6.45. The highest BCUT2D eigenvalue weighted by Crippen LogP contribution is 2.35. The maximum atomic E-state index is 12.3. The van der Waals surface area contributed by atoms with E-state index in [1.807, 2.05) is 19.9 Å². The number of anilines is 1. The maximum absolute atomic E-state index is 12.3. The SMILES string of the molecule is CC(=O)N(c1nnc(SCC(=O)c2cc(C)[nH]c2C)s1)C1CC1. The average Bonchev–Trinajstić information content (AvgIpc) is 3.09. The van der Waals surface area contributed by atoms with Crippen molar-refractivity contribution < 1.29 is 9.59 Å². The molecule has 6 nitrogen and oxygen atoms in total. The van der Waals surface area contributed by atoms with E-state index in [1.54, 1.807) is 11.8 Å². The van der Waals surface area contributed by atoms with E-state index in [9.17, 15) is 9.59 Å². The van der Waals surface area contributed by atoms with Gasteiger partial charge in [0, 0.05) is 29.9 Å². The third-order valence-electron chi connectivity index (χ3n) is 3.63. The summed E-state index contributed by atoms with van der Waals surface area (Å²) in [6.45, 7) is 5.38. The molecule has 2 aromatic heterocycles. The van der Waals surface area contributed by atoms with Gasteiger partial charge in [0.2, 0.25) is 11.0 Å². The van der Waals surface area contributed by atoms with Gasteiger partial charge in [0.1, 0.15) is 0 Å². The van der Waals surface area contributed by atoms with Crippen molar-refractivity contribution in [2.45, 2.75) is 44.0 Å². The fourth-order valence-electron chi connectivity index (χ4n) is 2.46. The number of aromatic nitrogens is 3. The van der Waals surface area contributed by atoms with Crippen molar-refractivity contribution >= 4 is 39.9 Å². The molecular weight excluding hydrogens is 332 g/mol. The summed E-state index contributed by atoms with van der Waals surface area (Å²) in [6, 6.07) is 2.14. The molecule has 0 atom stereocenters. The van der Waals surface area contributed by atoms with Gasteiger partial charge in [0.05, 0.1) is 5.75 Å². The van der Waals surface area contributed by atoms with Crippen LogP contribution in [0.15, 0.2) is 10.4 Å². The molecule has 1 fully saturated rings. The molecule has 2 heterocycles. The minimum atomic E-state index is -0.00491. The number of H-pyrrole nitrogens is 1. The molecule has 1 amide bonds. The van der Waals surface area contributed by atoms with Crippen molar-refractivity contribution in [2.24, 2.45) is 0 Å². The van der Waals surface area contributed by atoms with E-state index in [0.717, 1.165) is 29.8 Å². The highest BCUT2D eigenvalue weighted by Gasteiger charge is 2.34. The van der Waals surface area contributed by atoms with E-state index in [2.05, 4.69) is 15.2 Å². The molecule has 0 unspecified atom stereocenters. The fourth-order valence-corrected chi connectivity index (χ4v) is 4.30. The quantitative estimate of drug-likeness (QED) is 0.492. The second-order valence-corrected chi connectivity index (χ2v) is 7.85. The lowest BCUT2D eigenvalue weighted by molar-refractivity contribution is -0.116. The molecule has 0 saturated heterocycles. The minimum absolute atomic E-state index is 0.00491. The van der Waals surface area contributed by atoms with Crippen LogP contribution in [0.25, 0.3) is 0 Å². The molecule has 0 radical (unpaired) electrons. The first-order valence-electron chi connectivity index (χ1n) is 7.41. The summed E-state index contributed by atoms with van der Waals surface area (Å²) in [5.74, 6) is 0.380. The van der Waals surface area contributed by atoms with Crippen molar-refractivity contribution in [1.82, 2.24) is 15.2 Å². The number of rotatable bonds is 6. The Balaban J connectivity index is 1.64. The smallest absolute Gasteiger partial charge is 0.225 e. The van der Waals surface area contributed by atoms with Gasteiger partial charge in [-0.1, -0.05) is 23.1 Å². The van der Waals surface area contributed by atoms with Crippen LogP contribution in [0.5, 0.6) is 0 Å². The highest BCUT2D eigenvalue weighted by atomic mass is 32.2. The van der Waals surface area contributed by atoms with Crippen molar-refractivity contribution in [3.05, 3.63) is 23.0 Å². The summed E-state index contributed by atoms with van der Waals surface area (Å²) in [7, 11) is 0. The maximum Gasteiger partial charge on any atom is 0.225 e. The van der Waals surface area contributed by atoms with Crippen LogP contribution in [0.2, 0.25) is 0 Å². The Morgan fingerprint density at radius 2 is 2.13 bits per heavy atom. The van der Waals surface area contributed by atoms with Gasteiger partial charge in [-0.3, -0.25) is 14.5 Å². The van der Waals surface area contributed by atoms with Crippen LogP contribution < -0.4 is 4.90 Å². The van der Waals surface area contributed by atoms with Gasteiger partial charge >= 0.3 is 0 Å². The summed E-state index contributed by atoms with van der Waals surface area (Å²) in [4.78, 5) is 28.8. The largest absolute Gasteiger partial charge is 0.362 e. The number of nitrogens with zero attached hydrogens (tertiary/aromatic N) is 3. The molecule has 1 saturated carbocycles. The Kier molecular flexibility index (Phi) is 4.54. The van der Waals surface area contributed by atoms with E-state index in [-0.39, 0.29) is 17.7 Å². The second-order valence-electron chi connectivity index (χ2n) is 5.67. The van der Waals surface area contributed by atoms with E-state index in [0.29, 0.717) is 15.2 Å². The Bertz CT molecular complexity index is 748. The molecule has 1 aliphatic carbocycles. The van der Waals surface area contributed by atoms with E-state index in [4.69, 9.17) is 0 Å². The Hall–Kier alpha value is -1.67. The highest BCUT2D eigenvalue weighted by molar-refractivity contribution is 8.01. The molecular formula is C15H18N4O2S2. The van der Waals surface area contributed by atoms with Gasteiger partial charge in [0.25, 0.3) is 0 Å². The minimum Gasteiger partial charge on any atom is -0.362 e. The zero-order chi connectivity index (χ0) is 16.6. The van der Waals surface area contributed by atoms with Crippen LogP contribution in [-0.2, 0) is 4.79 Å². The number of hydrogen-bond acceptors (Lipinski definition) is 6. The zero-order valence-electron chi connectivity index (χ0n) is 13.3. The topological polar surface area (TPSA) is 79.0 Å². The molecule has 0 bridgehead atoms. The monoisotopic (exact) mass is 350 g/mol. The van der Waals surface area contributed by atoms with Gasteiger partial charge in [-0.25, -0.2) is 0 Å². The number of ketones is 1. The predicted octanol–water partition coefficient (Wildman–Crippen LogP) is 2.97. The first kappa shape index (κ1) is 16.2. The van der Waals surface area contributed by atoms with E-state index < -0.39 is 0 Å². The van der Waals surface area contributed by atoms with Crippen molar-refractivity contribution in [3.63, 3.8) is 0 Å². The van der Waals surface area contributed by atoms with Crippen molar-refractivity contribution in [3.8, 4) is 0 Å². The molecule has 2 aromatic rings. The lowest BCUT2D eigenvalue weighted by atomic mass is 10.2. The average molecular weight is 350 g/mol. The van der Waals surface area contributed by atoms with Gasteiger partial charge in [-0.15, -0.1) is 10.2 Å². The standard InChI is InChI=1S/C15H18N4O2S2/c1-8-6-12(9(2)16-8)13(21)7-22-15-18-17-14(23-15)19(10(3)20)11-4-5-11/h6,11,16H,4-5,7H2,1-3H3. The summed E-state index contributed by atoms with van der Waals surface area (Å²) in [5.41, 5.74) is 2.60. The van der Waals surface area contributed by atoms with Crippen molar-refractivity contribution in [1.29, 1.82) is 0 Å². The number of Topliss-reactive ketones (excluding diaryl/α,β-unsaturated/α-hetero) is 1. The summed E-state index contributed by atoms with van der Waals surface area (Å²) < 4.78 is 0.713. The van der Waals surface area contributed by atoms with Crippen LogP contribution >= 0.6 is 23.1 Å². The number of carbonyl (C=O) groups is 2. The molecule has 3 rings (SSSR count). The number of aryl methyl sites for hydroxylation is 2. The number of amides is 1. The van der Waals surface area contributed by atoms with Gasteiger partial charge in [0.15, 0.2) is 10.1 Å². The van der Waals surface area contributed by atoms with Crippen LogP contribution in [0.1, 0.15) is 41.5 Å². The van der Waals surface area contributed by atoms with Gasteiger partial charge < -0.3 is 4.98 Å². The third-order valence-corrected chi connectivity index (χ3v) is 5.69. The lowest BCUT2D eigenvalue weighted by Gasteiger charge is -2.15. The molecule has 1 N–H and O–H groups in total. The Morgan fingerprint density at radius 3 is 2.70 bits per heavy atom. The van der Waals surface area contributed by atoms with Gasteiger partial charge in [-0.2, -0.15) is 0 Å². The molecule has 23 heavy (non-hydrogen) atoms. The lowest BCUT2D eigenvalue weighted by Crippen LogP contribution is -2.30. The van der Waals surface area contributed by atoms with E-state index >= 15 is 0 Å². The van der Waals surface area contributed by atoms with Crippen LogP contribution in [0.3, 0.4) is 0 Å². The number of aromatic amines is 1. The number of hydrogen-bond donors (Lipinski definition) is 1. The first-order chi connectivity index (χ1) is 11.0. The van der Waals surface area contributed by atoms with Crippen LogP contribution in [0.4, 0.5) is 5.13 Å². The predicted molar refractivity (Wildman–Crippen MR) is 91.4 cm³/mol. The third kappa shape index (κ3) is 3.64. The van der Waals surface area contributed by atoms with E-state index in [1.165, 1.54) is 23.1 Å². The molecule has 1 aliphatic rings. The number of thioether (sulfide) groups is 1. The Labute approximate surface area is 142 Å². The zero-order valence-corrected chi connectivity index (χ0v) is 14.9. The Morgan fingerprint density at radius 1 is 1.39 bits per heavy atom. The molecule has 0 spiro atoms. The normalized spacial score (nSPS) is 14.0. The molecule has 0 aromatic carbocycles. The van der Waals surface area contributed by atoms with Crippen LogP contribution in [0, 0.1) is 13.8 Å². The summed E-state index contributed by atoms with van der Waals surface area (Å²) >= 11 is 2.74. The number of carbonyl (C=O) groups excluding carboxylic acids is 2. The summed E-state index contributed by atoms with van der Waals surface area (Å²) in [5, 5.41) is 8.84. The fraction of sp³-hybridized carbons (Fsp3) is 0.467. The molecule has 8 heteroatoms. The molecule has 122 valence electrons. The van der Waals surface area contributed by atoms with Crippen molar-refractivity contribution in [2.75, 3.05) is 10.7 Å². The number of nitrogens with one attached hydrogen (secondary N) is 1. The molecule has 0 aliphatic heterocycles. The van der Waals surface area contributed by atoms with Crippen LogP contribution in [-0.4, -0.2) is 38.7 Å². The van der Waals surface area contributed by atoms with Gasteiger partial charge in [-0.05, 0) is 32.8 Å².